The third-order valence-electron chi connectivity index (χ3n) is 2.97. The average Bonchev–Trinajstić information content (AvgIpc) is 2.47. The summed E-state index contributed by atoms with van der Waals surface area (Å²) in [6, 6.07) is 12.8. The molecule has 1 aromatic carbocycles. The number of nitrogens with one attached hydrogen (secondary N) is 1. The van der Waals surface area contributed by atoms with E-state index in [9.17, 15) is 4.79 Å². The van der Waals surface area contributed by atoms with Crippen LogP contribution in [-0.2, 0) is 11.2 Å². The zero-order valence-electron chi connectivity index (χ0n) is 14.2. The number of benzene rings is 1. The number of hydrogen-bond donors (Lipinski definition) is 2. The number of nitrogens with zero attached hydrogens (tertiary/aromatic N) is 1. The normalized spacial score (nSPS) is 11.0. The van der Waals surface area contributed by atoms with Crippen LogP contribution in [0.15, 0.2) is 42.5 Å². The average molecular weight is 329 g/mol. The van der Waals surface area contributed by atoms with Crippen LogP contribution < -0.4 is 15.8 Å². The van der Waals surface area contributed by atoms with Gasteiger partial charge in [0.25, 0.3) is 0 Å². The fourth-order valence-corrected chi connectivity index (χ4v) is 1.96. The van der Waals surface area contributed by atoms with E-state index in [4.69, 9.17) is 15.2 Å². The molecular weight excluding hydrogens is 306 g/mol. The van der Waals surface area contributed by atoms with Gasteiger partial charge in [-0.15, -0.1) is 0 Å². The third-order valence-corrected chi connectivity index (χ3v) is 2.97. The molecule has 0 saturated carbocycles. The van der Waals surface area contributed by atoms with E-state index < -0.39 is 11.7 Å². The Balaban J connectivity index is 1.81. The van der Waals surface area contributed by atoms with Crippen molar-refractivity contribution in [3.8, 4) is 11.6 Å². The number of hydrogen-bond acceptors (Lipinski definition) is 5. The van der Waals surface area contributed by atoms with Gasteiger partial charge in [-0.2, -0.15) is 4.98 Å². The molecule has 0 spiro atoms. The summed E-state index contributed by atoms with van der Waals surface area (Å²) in [6.45, 7) is 6.01. The van der Waals surface area contributed by atoms with Crippen molar-refractivity contribution in [3.05, 3.63) is 48.0 Å². The van der Waals surface area contributed by atoms with Crippen LogP contribution in [-0.4, -0.2) is 23.2 Å². The number of nitrogen functional groups attached to an aromatic ring is 1. The summed E-state index contributed by atoms with van der Waals surface area (Å²) in [4.78, 5) is 15.6. The van der Waals surface area contributed by atoms with Gasteiger partial charge in [-0.3, -0.25) is 0 Å². The Morgan fingerprint density at radius 2 is 1.88 bits per heavy atom. The van der Waals surface area contributed by atoms with Gasteiger partial charge in [-0.1, -0.05) is 18.2 Å². The van der Waals surface area contributed by atoms with Gasteiger partial charge in [0.15, 0.2) is 0 Å². The second-order valence-electron chi connectivity index (χ2n) is 6.33. The number of amides is 1. The van der Waals surface area contributed by atoms with Crippen molar-refractivity contribution in [3.63, 3.8) is 0 Å². The Hall–Kier alpha value is -2.76. The number of rotatable bonds is 5. The first-order chi connectivity index (χ1) is 11.3. The molecule has 0 aliphatic rings. The van der Waals surface area contributed by atoms with Gasteiger partial charge in [-0.05, 0) is 51.0 Å². The van der Waals surface area contributed by atoms with E-state index in [1.807, 2.05) is 45.0 Å². The fraction of sp³-hybridized carbons (Fsp3) is 0.333. The maximum absolute atomic E-state index is 11.6. The number of pyridine rings is 1. The molecule has 1 aromatic heterocycles. The molecule has 6 nitrogen and oxygen atoms in total. The van der Waals surface area contributed by atoms with Gasteiger partial charge in [-0.25, -0.2) is 4.79 Å². The molecular formula is C18H23N3O3. The van der Waals surface area contributed by atoms with Crippen LogP contribution in [0, 0.1) is 0 Å². The van der Waals surface area contributed by atoms with Crippen LogP contribution in [0.4, 0.5) is 10.6 Å². The van der Waals surface area contributed by atoms with E-state index in [1.54, 1.807) is 18.2 Å². The summed E-state index contributed by atoms with van der Waals surface area (Å²) in [5.74, 6) is 1.55. The molecule has 0 saturated heterocycles. The van der Waals surface area contributed by atoms with Gasteiger partial charge in [0, 0.05) is 12.6 Å². The van der Waals surface area contributed by atoms with Crippen molar-refractivity contribution >= 4 is 11.9 Å². The van der Waals surface area contributed by atoms with Crippen LogP contribution in [0.3, 0.4) is 0 Å². The van der Waals surface area contributed by atoms with Crippen LogP contribution in [0.5, 0.6) is 11.6 Å². The van der Waals surface area contributed by atoms with E-state index in [1.165, 1.54) is 0 Å². The lowest BCUT2D eigenvalue weighted by Crippen LogP contribution is -2.33. The largest absolute Gasteiger partial charge is 0.444 e. The molecule has 2 aromatic rings. The lowest BCUT2D eigenvalue weighted by Gasteiger charge is -2.19. The molecule has 6 heteroatoms. The highest BCUT2D eigenvalue weighted by Crippen LogP contribution is 2.20. The SMILES string of the molecule is CC(C)(C)OC(=O)NCCc1ccc(Oc2cccc(N)n2)cc1. The molecule has 0 aliphatic heterocycles. The topological polar surface area (TPSA) is 86.5 Å². The Morgan fingerprint density at radius 3 is 2.50 bits per heavy atom. The number of carbonyl (C=O) groups excluding carboxylic acids is 1. The predicted molar refractivity (Wildman–Crippen MR) is 93.1 cm³/mol. The van der Waals surface area contributed by atoms with Crippen LogP contribution in [0.25, 0.3) is 0 Å². The number of carbonyl (C=O) groups is 1. The van der Waals surface area contributed by atoms with Gasteiger partial charge in [0.2, 0.25) is 5.88 Å². The third kappa shape index (κ3) is 6.16. The smallest absolute Gasteiger partial charge is 0.407 e. The number of alkyl carbamates (subject to hydrolysis) is 1. The lowest BCUT2D eigenvalue weighted by atomic mass is 10.1. The van der Waals surface area contributed by atoms with Crippen molar-refractivity contribution in [1.29, 1.82) is 0 Å². The summed E-state index contributed by atoms with van der Waals surface area (Å²) in [5.41, 5.74) is 6.21. The highest BCUT2D eigenvalue weighted by atomic mass is 16.6. The molecule has 24 heavy (non-hydrogen) atoms. The van der Waals surface area contributed by atoms with Crippen molar-refractivity contribution < 1.29 is 14.3 Å². The highest BCUT2D eigenvalue weighted by Gasteiger charge is 2.15. The number of anilines is 1. The second kappa shape index (κ2) is 7.68. The van der Waals surface area contributed by atoms with Gasteiger partial charge >= 0.3 is 6.09 Å². The van der Waals surface area contributed by atoms with E-state index >= 15 is 0 Å². The van der Waals surface area contributed by atoms with E-state index in [-0.39, 0.29) is 0 Å². The molecule has 0 atom stereocenters. The minimum Gasteiger partial charge on any atom is -0.444 e. The number of aromatic nitrogens is 1. The fourth-order valence-electron chi connectivity index (χ4n) is 1.96. The molecule has 128 valence electrons. The van der Waals surface area contributed by atoms with E-state index in [0.717, 1.165) is 5.56 Å². The van der Waals surface area contributed by atoms with Gasteiger partial charge in [0.1, 0.15) is 17.2 Å². The van der Waals surface area contributed by atoms with Gasteiger partial charge < -0.3 is 20.5 Å². The lowest BCUT2D eigenvalue weighted by molar-refractivity contribution is 0.0528. The minimum atomic E-state index is -0.488. The standard InChI is InChI=1S/C18H23N3O3/c1-18(2,3)24-17(22)20-12-11-13-7-9-14(10-8-13)23-16-6-4-5-15(19)21-16/h4-10H,11-12H2,1-3H3,(H2,19,21)(H,20,22). The highest BCUT2D eigenvalue weighted by molar-refractivity contribution is 5.67. The molecule has 0 fully saturated rings. The molecule has 1 amide bonds. The predicted octanol–water partition coefficient (Wildman–Crippen LogP) is 3.52. The monoisotopic (exact) mass is 329 g/mol. The molecule has 2 rings (SSSR count). The minimum absolute atomic E-state index is 0.407. The van der Waals surface area contributed by atoms with Crippen LogP contribution in [0.2, 0.25) is 0 Å². The maximum atomic E-state index is 11.6. The summed E-state index contributed by atoms with van der Waals surface area (Å²) >= 11 is 0. The molecule has 0 unspecified atom stereocenters. The second-order valence-corrected chi connectivity index (χ2v) is 6.33. The Labute approximate surface area is 142 Å². The van der Waals surface area contributed by atoms with Crippen molar-refractivity contribution in [2.45, 2.75) is 32.8 Å². The van der Waals surface area contributed by atoms with E-state index in [2.05, 4.69) is 10.3 Å². The first-order valence-electron chi connectivity index (χ1n) is 7.78. The summed E-state index contributed by atoms with van der Waals surface area (Å²) in [6.07, 6.45) is 0.297. The summed E-state index contributed by atoms with van der Waals surface area (Å²) in [7, 11) is 0. The van der Waals surface area contributed by atoms with Crippen molar-refractivity contribution in [1.82, 2.24) is 10.3 Å². The summed E-state index contributed by atoms with van der Waals surface area (Å²) in [5, 5.41) is 2.73. The van der Waals surface area contributed by atoms with Crippen molar-refractivity contribution in [2.75, 3.05) is 12.3 Å². The zero-order valence-corrected chi connectivity index (χ0v) is 14.2. The Kier molecular flexibility index (Phi) is 5.63. The van der Waals surface area contributed by atoms with Crippen LogP contribution in [0.1, 0.15) is 26.3 Å². The first kappa shape index (κ1) is 17.6. The summed E-state index contributed by atoms with van der Waals surface area (Å²) < 4.78 is 10.8. The molecule has 0 aliphatic carbocycles. The quantitative estimate of drug-likeness (QED) is 0.876. The molecule has 3 N–H and O–H groups in total. The molecule has 0 radical (unpaired) electrons. The zero-order chi connectivity index (χ0) is 17.6. The number of nitrogens with two attached hydrogens (primary N) is 1. The van der Waals surface area contributed by atoms with E-state index in [0.29, 0.717) is 30.4 Å². The van der Waals surface area contributed by atoms with Crippen molar-refractivity contribution in [2.24, 2.45) is 0 Å². The number of ether oxygens (including phenoxy) is 2. The van der Waals surface area contributed by atoms with Crippen LogP contribution >= 0.6 is 0 Å². The Bertz CT molecular complexity index is 679. The first-order valence-corrected chi connectivity index (χ1v) is 7.78. The Morgan fingerprint density at radius 1 is 1.17 bits per heavy atom. The molecule has 0 bridgehead atoms. The molecule has 1 heterocycles. The van der Waals surface area contributed by atoms with Gasteiger partial charge in [0.05, 0.1) is 0 Å². The maximum Gasteiger partial charge on any atom is 0.407 e.